The summed E-state index contributed by atoms with van der Waals surface area (Å²) in [6.07, 6.45) is -0.374. The van der Waals surface area contributed by atoms with Crippen LogP contribution in [0.1, 0.15) is 39.7 Å². The number of aliphatic hydroxyl groups excluding tert-OH is 1. The zero-order valence-electron chi connectivity index (χ0n) is 15.6. The lowest BCUT2D eigenvalue weighted by Gasteiger charge is -2.39. The van der Waals surface area contributed by atoms with E-state index in [4.69, 9.17) is 13.9 Å². The van der Waals surface area contributed by atoms with E-state index in [0.717, 1.165) is 11.3 Å². The maximum atomic E-state index is 9.73. The van der Waals surface area contributed by atoms with Gasteiger partial charge in [-0.3, -0.25) is 0 Å². The predicted octanol–water partition coefficient (Wildman–Crippen LogP) is 4.33. The van der Waals surface area contributed by atoms with Gasteiger partial charge in [-0.25, -0.2) is 0 Å². The molecule has 0 aliphatic rings. The van der Waals surface area contributed by atoms with Crippen LogP contribution in [0.3, 0.4) is 0 Å². The van der Waals surface area contributed by atoms with E-state index < -0.39 is 20.7 Å². The monoisotopic (exact) mass is 340 g/mol. The lowest BCUT2D eigenvalue weighted by molar-refractivity contribution is -0.116. The molecule has 132 valence electrons. The van der Waals surface area contributed by atoms with Gasteiger partial charge < -0.3 is 19.0 Å². The fourth-order valence-corrected chi connectivity index (χ4v) is 3.02. The highest BCUT2D eigenvalue weighted by molar-refractivity contribution is 6.74. The molecule has 0 aromatic heterocycles. The molecule has 5 heteroatoms. The second-order valence-electron chi connectivity index (χ2n) is 7.55. The van der Waals surface area contributed by atoms with Crippen molar-refractivity contribution in [1.29, 1.82) is 0 Å². The molecule has 23 heavy (non-hydrogen) atoms. The van der Waals surface area contributed by atoms with E-state index in [1.54, 1.807) is 14.0 Å². The molecule has 1 rings (SSSR count). The van der Waals surface area contributed by atoms with Crippen molar-refractivity contribution in [1.82, 2.24) is 0 Å². The first kappa shape index (κ1) is 20.2. The molecule has 4 nitrogen and oxygen atoms in total. The Morgan fingerprint density at radius 2 is 1.70 bits per heavy atom. The van der Waals surface area contributed by atoms with E-state index in [9.17, 15) is 5.11 Å². The molecule has 0 bridgehead atoms. The van der Waals surface area contributed by atoms with Crippen LogP contribution in [-0.4, -0.2) is 32.9 Å². The predicted molar refractivity (Wildman–Crippen MR) is 96.2 cm³/mol. The average molecular weight is 341 g/mol. The topological polar surface area (TPSA) is 47.9 Å². The van der Waals surface area contributed by atoms with Gasteiger partial charge in [-0.15, -0.1) is 0 Å². The number of ether oxygens (including phenoxy) is 2. The Bertz CT molecular complexity index is 463. The Morgan fingerprint density at radius 3 is 2.13 bits per heavy atom. The second-order valence-corrected chi connectivity index (χ2v) is 12.3. The van der Waals surface area contributed by atoms with Crippen molar-refractivity contribution in [2.24, 2.45) is 0 Å². The van der Waals surface area contributed by atoms with Crippen molar-refractivity contribution in [3.05, 3.63) is 29.8 Å². The summed E-state index contributed by atoms with van der Waals surface area (Å²) >= 11 is 0. The van der Waals surface area contributed by atoms with Crippen LogP contribution in [-0.2, 0) is 15.8 Å². The fourth-order valence-electron chi connectivity index (χ4n) is 1.85. The molecular weight excluding hydrogens is 308 g/mol. The third-order valence-electron chi connectivity index (χ3n) is 4.36. The van der Waals surface area contributed by atoms with Gasteiger partial charge in [0.2, 0.25) is 0 Å². The molecule has 0 heterocycles. The van der Waals surface area contributed by atoms with Gasteiger partial charge in [-0.05, 0) is 42.8 Å². The molecule has 0 saturated carbocycles. The van der Waals surface area contributed by atoms with Gasteiger partial charge >= 0.3 is 0 Å². The highest BCUT2D eigenvalue weighted by atomic mass is 28.4. The van der Waals surface area contributed by atoms with Crippen molar-refractivity contribution in [2.45, 2.75) is 71.2 Å². The van der Waals surface area contributed by atoms with Gasteiger partial charge in [0, 0.05) is 6.42 Å². The number of methoxy groups -OCH3 is 1. The summed E-state index contributed by atoms with van der Waals surface area (Å²) in [6, 6.07) is 7.78. The van der Waals surface area contributed by atoms with Crippen molar-refractivity contribution in [2.75, 3.05) is 7.11 Å². The van der Waals surface area contributed by atoms with Gasteiger partial charge in [0.15, 0.2) is 14.6 Å². The van der Waals surface area contributed by atoms with E-state index in [0.29, 0.717) is 13.0 Å². The highest BCUT2D eigenvalue weighted by Gasteiger charge is 2.39. The summed E-state index contributed by atoms with van der Waals surface area (Å²) in [4.78, 5) is 0. The van der Waals surface area contributed by atoms with Gasteiger partial charge in [0.05, 0.1) is 19.8 Å². The Kier molecular flexibility index (Phi) is 7.26. The quantitative estimate of drug-likeness (QED) is 0.565. The number of aliphatic hydroxyl groups is 1. The summed E-state index contributed by atoms with van der Waals surface area (Å²) in [6.45, 7) is 13.2. The fraction of sp³-hybridized carbons (Fsp3) is 0.667. The number of rotatable bonds is 8. The van der Waals surface area contributed by atoms with Crippen LogP contribution in [0.15, 0.2) is 24.3 Å². The normalized spacial score (nSPS) is 15.3. The maximum Gasteiger partial charge on any atom is 0.195 e. The smallest absolute Gasteiger partial charge is 0.195 e. The van der Waals surface area contributed by atoms with Crippen LogP contribution in [0.5, 0.6) is 5.75 Å². The van der Waals surface area contributed by atoms with Gasteiger partial charge in [0.25, 0.3) is 0 Å². The molecule has 2 atom stereocenters. The average Bonchev–Trinajstić information content (AvgIpc) is 2.43. The third kappa shape index (κ3) is 6.63. The minimum atomic E-state index is -1.94. The Hall–Kier alpha value is -0.883. The van der Waals surface area contributed by atoms with Crippen molar-refractivity contribution < 1.29 is 19.0 Å². The largest absolute Gasteiger partial charge is 0.497 e. The molecule has 1 aromatic carbocycles. The Morgan fingerprint density at radius 1 is 1.13 bits per heavy atom. The SMILES string of the molecule is COc1ccc(COC(CC(C)O)O[Si](C)(C)C(C)(C)C)cc1. The summed E-state index contributed by atoms with van der Waals surface area (Å²) in [7, 11) is -0.294. The van der Waals surface area contributed by atoms with Crippen LogP contribution in [0.4, 0.5) is 0 Å². The van der Waals surface area contributed by atoms with Crippen LogP contribution in [0.25, 0.3) is 0 Å². The molecule has 0 spiro atoms. The highest BCUT2D eigenvalue weighted by Crippen LogP contribution is 2.38. The maximum absolute atomic E-state index is 9.73. The molecule has 0 fully saturated rings. The summed E-state index contributed by atoms with van der Waals surface area (Å²) < 4.78 is 17.4. The zero-order valence-corrected chi connectivity index (χ0v) is 16.6. The van der Waals surface area contributed by atoms with Crippen LogP contribution in [0.2, 0.25) is 18.1 Å². The lowest BCUT2D eigenvalue weighted by atomic mass is 10.2. The number of hydrogen-bond acceptors (Lipinski definition) is 4. The zero-order chi connectivity index (χ0) is 17.7. The summed E-state index contributed by atoms with van der Waals surface area (Å²) in [5.74, 6) is 0.826. The first-order valence-corrected chi connectivity index (χ1v) is 11.1. The standard InChI is InChI=1S/C18H32O4Si/c1-14(19)12-17(22-23(6,7)18(2,3)4)21-13-15-8-10-16(20-5)11-9-15/h8-11,14,17,19H,12-13H2,1-7H3. The number of benzene rings is 1. The molecule has 0 radical (unpaired) electrons. The van der Waals surface area contributed by atoms with E-state index in [1.165, 1.54) is 0 Å². The summed E-state index contributed by atoms with van der Waals surface area (Å²) in [5, 5.41) is 9.83. The second kappa shape index (κ2) is 8.28. The molecule has 0 aliphatic carbocycles. The molecule has 1 N–H and O–H groups in total. The van der Waals surface area contributed by atoms with Crippen molar-refractivity contribution >= 4 is 8.32 Å². The Balaban J connectivity index is 2.70. The minimum absolute atomic E-state index is 0.105. The molecule has 1 aromatic rings. The van der Waals surface area contributed by atoms with Crippen LogP contribution in [0, 0.1) is 0 Å². The van der Waals surface area contributed by atoms with E-state index >= 15 is 0 Å². The van der Waals surface area contributed by atoms with E-state index in [-0.39, 0.29) is 5.04 Å². The van der Waals surface area contributed by atoms with Gasteiger partial charge in [0.1, 0.15) is 5.75 Å². The Labute approximate surface area is 141 Å². The van der Waals surface area contributed by atoms with Crippen molar-refractivity contribution in [3.63, 3.8) is 0 Å². The molecule has 0 aliphatic heterocycles. The molecule has 2 unspecified atom stereocenters. The van der Waals surface area contributed by atoms with Crippen LogP contribution >= 0.6 is 0 Å². The first-order chi connectivity index (χ1) is 10.5. The third-order valence-corrected chi connectivity index (χ3v) is 8.83. The van der Waals surface area contributed by atoms with E-state index in [1.807, 2.05) is 24.3 Å². The minimum Gasteiger partial charge on any atom is -0.497 e. The summed E-state index contributed by atoms with van der Waals surface area (Å²) in [5.41, 5.74) is 1.06. The molecular formula is C18H32O4Si. The first-order valence-electron chi connectivity index (χ1n) is 8.15. The molecule has 0 saturated heterocycles. The van der Waals surface area contributed by atoms with Gasteiger partial charge in [-0.1, -0.05) is 32.9 Å². The number of hydrogen-bond donors (Lipinski definition) is 1. The lowest BCUT2D eigenvalue weighted by Crippen LogP contribution is -2.45. The van der Waals surface area contributed by atoms with Crippen LogP contribution < -0.4 is 4.74 Å². The molecule has 0 amide bonds. The van der Waals surface area contributed by atoms with Gasteiger partial charge in [-0.2, -0.15) is 0 Å². The van der Waals surface area contributed by atoms with E-state index in [2.05, 4.69) is 33.9 Å². The van der Waals surface area contributed by atoms with Crippen molar-refractivity contribution in [3.8, 4) is 5.75 Å².